The van der Waals surface area contributed by atoms with Gasteiger partial charge in [-0.25, -0.2) is 18.2 Å². The van der Waals surface area contributed by atoms with Crippen LogP contribution in [0.1, 0.15) is 52.1 Å². The predicted octanol–water partition coefficient (Wildman–Crippen LogP) is 6.85. The summed E-state index contributed by atoms with van der Waals surface area (Å²) in [4.78, 5) is 30.5. The van der Waals surface area contributed by atoms with Gasteiger partial charge >= 0.3 is 0 Å². The number of carbonyl (C=O) groups is 2. The molecule has 0 atom stereocenters. The standard InChI is InChI=1S/C26H23ClF3N3O2S/c27-17-12-18(28)14-20(13-17)32-26(33-25(35)16-5-8-21(29)22(30)11-16)31-19-6-3-15(4-7-19)10-23(34)24-2-1-9-36-24/h1-2,5,8-9,11-15,19H,3-4,6-7,10H2,(H2,31,32,33,35). The van der Waals surface area contributed by atoms with Gasteiger partial charge in [0.1, 0.15) is 5.82 Å². The Morgan fingerprint density at radius 2 is 1.78 bits per heavy atom. The first kappa shape index (κ1) is 25.9. The van der Waals surface area contributed by atoms with Crippen LogP contribution in [0.3, 0.4) is 0 Å². The smallest absolute Gasteiger partial charge is 0.258 e. The molecule has 0 unspecified atom stereocenters. The molecular formula is C26H23ClF3N3O2S. The molecule has 3 aromatic rings. The van der Waals surface area contributed by atoms with E-state index in [-0.39, 0.29) is 40.0 Å². The number of hydrogen-bond donors (Lipinski definition) is 2. The van der Waals surface area contributed by atoms with Crippen LogP contribution in [-0.4, -0.2) is 23.7 Å². The Labute approximate surface area is 215 Å². The van der Waals surface area contributed by atoms with Gasteiger partial charge in [0.25, 0.3) is 5.91 Å². The molecule has 2 N–H and O–H groups in total. The number of ketones is 1. The highest BCUT2D eigenvalue weighted by molar-refractivity contribution is 7.12. The molecule has 10 heteroatoms. The monoisotopic (exact) mass is 533 g/mol. The minimum atomic E-state index is -1.15. The van der Waals surface area contributed by atoms with Crippen LogP contribution in [0, 0.1) is 23.4 Å². The summed E-state index contributed by atoms with van der Waals surface area (Å²) >= 11 is 7.38. The van der Waals surface area contributed by atoms with Gasteiger partial charge in [0.05, 0.1) is 10.9 Å². The van der Waals surface area contributed by atoms with E-state index in [0.29, 0.717) is 19.3 Å². The molecule has 1 heterocycles. The van der Waals surface area contributed by atoms with E-state index in [1.807, 2.05) is 17.5 Å². The van der Waals surface area contributed by atoms with Gasteiger partial charge in [-0.1, -0.05) is 17.7 Å². The van der Waals surface area contributed by atoms with E-state index in [4.69, 9.17) is 11.6 Å². The lowest BCUT2D eigenvalue weighted by atomic mass is 9.83. The lowest BCUT2D eigenvalue weighted by Crippen LogP contribution is -2.37. The fourth-order valence-electron chi connectivity index (χ4n) is 4.14. The third-order valence-electron chi connectivity index (χ3n) is 5.94. The van der Waals surface area contributed by atoms with Crippen molar-refractivity contribution in [3.8, 4) is 0 Å². The van der Waals surface area contributed by atoms with Gasteiger partial charge in [0.15, 0.2) is 17.4 Å². The van der Waals surface area contributed by atoms with E-state index >= 15 is 0 Å². The molecule has 1 aliphatic carbocycles. The number of hydrogen-bond acceptors (Lipinski definition) is 4. The molecule has 1 aliphatic rings. The zero-order chi connectivity index (χ0) is 25.7. The molecule has 5 nitrogen and oxygen atoms in total. The van der Waals surface area contributed by atoms with Gasteiger partial charge in [-0.15, -0.1) is 11.3 Å². The van der Waals surface area contributed by atoms with Crippen LogP contribution >= 0.6 is 22.9 Å². The molecule has 0 saturated heterocycles. The molecule has 188 valence electrons. The largest absolute Gasteiger partial charge is 0.326 e. The number of halogens is 4. The number of Topliss-reactive ketones (excluding diaryl/α,β-unsaturated/α-hetero) is 1. The highest BCUT2D eigenvalue weighted by Gasteiger charge is 2.24. The Balaban J connectivity index is 1.46. The zero-order valence-electron chi connectivity index (χ0n) is 19.1. The molecule has 36 heavy (non-hydrogen) atoms. The molecular weight excluding hydrogens is 511 g/mol. The van der Waals surface area contributed by atoms with Crippen molar-refractivity contribution in [1.29, 1.82) is 0 Å². The van der Waals surface area contributed by atoms with E-state index < -0.39 is 23.4 Å². The van der Waals surface area contributed by atoms with Crippen molar-refractivity contribution in [2.24, 2.45) is 10.9 Å². The Morgan fingerprint density at radius 3 is 2.44 bits per heavy atom. The second-order valence-corrected chi connectivity index (χ2v) is 10.0. The van der Waals surface area contributed by atoms with Crippen molar-refractivity contribution in [2.75, 3.05) is 5.32 Å². The van der Waals surface area contributed by atoms with Crippen molar-refractivity contribution in [1.82, 2.24) is 5.32 Å². The van der Waals surface area contributed by atoms with Crippen molar-refractivity contribution in [3.63, 3.8) is 0 Å². The lowest BCUT2D eigenvalue weighted by Gasteiger charge is -2.26. The third kappa shape index (κ3) is 6.95. The number of benzene rings is 2. The predicted molar refractivity (Wildman–Crippen MR) is 135 cm³/mol. The molecule has 1 aromatic heterocycles. The molecule has 2 aromatic carbocycles. The summed E-state index contributed by atoms with van der Waals surface area (Å²) in [5.41, 5.74) is 0.163. The number of amides is 1. The number of aliphatic imine (C=N–C) groups is 1. The van der Waals surface area contributed by atoms with E-state index in [1.165, 1.54) is 23.5 Å². The number of rotatable bonds is 6. The van der Waals surface area contributed by atoms with Crippen LogP contribution in [0.4, 0.5) is 18.9 Å². The summed E-state index contributed by atoms with van der Waals surface area (Å²) in [6.07, 6.45) is 3.46. The average molecular weight is 534 g/mol. The highest BCUT2D eigenvalue weighted by atomic mass is 35.5. The molecule has 1 saturated carbocycles. The zero-order valence-corrected chi connectivity index (χ0v) is 20.6. The molecule has 1 fully saturated rings. The van der Waals surface area contributed by atoms with Gasteiger partial charge in [-0.2, -0.15) is 0 Å². The first-order chi connectivity index (χ1) is 17.3. The average Bonchev–Trinajstić information content (AvgIpc) is 3.36. The maximum atomic E-state index is 13.8. The number of guanidine groups is 1. The second kappa shape index (κ2) is 11.7. The highest BCUT2D eigenvalue weighted by Crippen LogP contribution is 2.30. The number of nitrogens with one attached hydrogen (secondary N) is 2. The fraction of sp³-hybridized carbons (Fsp3) is 0.269. The Bertz CT molecular complexity index is 1260. The van der Waals surface area contributed by atoms with Crippen molar-refractivity contribution in [3.05, 3.63) is 86.8 Å². The minimum absolute atomic E-state index is 0.0320. The summed E-state index contributed by atoms with van der Waals surface area (Å²) in [6, 6.07) is 10.1. The van der Waals surface area contributed by atoms with Crippen LogP contribution in [0.25, 0.3) is 0 Å². The molecule has 1 amide bonds. The van der Waals surface area contributed by atoms with Gasteiger partial charge < -0.3 is 5.32 Å². The summed E-state index contributed by atoms with van der Waals surface area (Å²) in [7, 11) is 0. The van der Waals surface area contributed by atoms with Crippen molar-refractivity contribution < 1.29 is 22.8 Å². The first-order valence-corrected chi connectivity index (χ1v) is 12.7. The summed E-state index contributed by atoms with van der Waals surface area (Å²) in [6.45, 7) is 0. The number of anilines is 1. The molecule has 4 rings (SSSR count). The van der Waals surface area contributed by atoms with E-state index in [1.54, 1.807) is 0 Å². The van der Waals surface area contributed by atoms with Crippen LogP contribution in [-0.2, 0) is 0 Å². The first-order valence-electron chi connectivity index (χ1n) is 11.4. The number of nitrogens with zero attached hydrogens (tertiary/aromatic N) is 1. The third-order valence-corrected chi connectivity index (χ3v) is 7.07. The molecule has 0 spiro atoms. The SMILES string of the molecule is O=C(NC(=NC1CCC(CC(=O)c2cccs2)CC1)Nc1cc(F)cc(Cl)c1)c1ccc(F)c(F)c1. The van der Waals surface area contributed by atoms with Gasteiger partial charge in [-0.05, 0) is 79.4 Å². The molecule has 0 bridgehead atoms. The summed E-state index contributed by atoms with van der Waals surface area (Å²) < 4.78 is 40.7. The summed E-state index contributed by atoms with van der Waals surface area (Å²) in [5.74, 6) is -3.08. The normalized spacial score (nSPS) is 18.1. The van der Waals surface area contributed by atoms with Crippen molar-refractivity contribution >= 4 is 46.3 Å². The van der Waals surface area contributed by atoms with Crippen molar-refractivity contribution in [2.45, 2.75) is 38.1 Å². The topological polar surface area (TPSA) is 70.6 Å². The maximum absolute atomic E-state index is 13.8. The fourth-order valence-corrected chi connectivity index (χ4v) is 5.03. The summed E-state index contributed by atoms with van der Waals surface area (Å²) in [5, 5.41) is 7.47. The minimum Gasteiger partial charge on any atom is -0.326 e. The van der Waals surface area contributed by atoms with Crippen LogP contribution in [0.2, 0.25) is 5.02 Å². The molecule has 0 aliphatic heterocycles. The Hall–Kier alpha value is -3.17. The Kier molecular flexibility index (Phi) is 8.43. The number of thiophene rings is 1. The van der Waals surface area contributed by atoms with E-state index in [9.17, 15) is 22.8 Å². The quantitative estimate of drug-likeness (QED) is 0.207. The van der Waals surface area contributed by atoms with Gasteiger partial charge in [0, 0.05) is 22.7 Å². The maximum Gasteiger partial charge on any atom is 0.258 e. The van der Waals surface area contributed by atoms with Crippen LogP contribution in [0.5, 0.6) is 0 Å². The van der Waals surface area contributed by atoms with Crippen LogP contribution in [0.15, 0.2) is 58.9 Å². The van der Waals surface area contributed by atoms with Gasteiger partial charge in [-0.3, -0.25) is 14.9 Å². The molecule has 0 radical (unpaired) electrons. The lowest BCUT2D eigenvalue weighted by molar-refractivity contribution is 0.0948. The second-order valence-electron chi connectivity index (χ2n) is 8.62. The Morgan fingerprint density at radius 1 is 1.00 bits per heavy atom. The van der Waals surface area contributed by atoms with E-state index in [2.05, 4.69) is 15.6 Å². The van der Waals surface area contributed by atoms with Crippen LogP contribution < -0.4 is 10.6 Å². The van der Waals surface area contributed by atoms with E-state index in [0.717, 1.165) is 42.0 Å². The number of carbonyl (C=O) groups excluding carboxylic acids is 2. The van der Waals surface area contributed by atoms with Gasteiger partial charge in [0.2, 0.25) is 5.96 Å².